The number of rotatable bonds is 63. The summed E-state index contributed by atoms with van der Waals surface area (Å²) >= 11 is 0. The molecule has 0 fully saturated rings. The Labute approximate surface area is 485 Å². The lowest BCUT2D eigenvalue weighted by molar-refractivity contribution is -0.167. The predicted molar refractivity (Wildman–Crippen MR) is 339 cm³/mol. The molecule has 0 radical (unpaired) electrons. The highest BCUT2D eigenvalue weighted by atomic mass is 16.6. The Balaban J connectivity index is 4.01. The van der Waals surface area contributed by atoms with Crippen molar-refractivity contribution < 1.29 is 28.6 Å². The molecule has 454 valence electrons. The minimum Gasteiger partial charge on any atom is -0.462 e. The van der Waals surface area contributed by atoms with Gasteiger partial charge in [0.05, 0.1) is 0 Å². The van der Waals surface area contributed by atoms with E-state index in [9.17, 15) is 14.4 Å². The Kier molecular flexibility index (Phi) is 64.2. The molecular weight excluding hydrogens is 961 g/mol. The molecule has 0 aliphatic carbocycles. The van der Waals surface area contributed by atoms with Crippen LogP contribution in [0.3, 0.4) is 0 Å². The molecule has 1 unspecified atom stereocenters. The smallest absolute Gasteiger partial charge is 0.306 e. The molecule has 0 aromatic carbocycles. The van der Waals surface area contributed by atoms with Crippen LogP contribution in [-0.2, 0) is 28.6 Å². The SMILES string of the molecule is CCC/C=C\CCCCCCCC(=O)OCC(COC(=O)CCCCCCCCCCCCCCCCCCCCCCCCC/C=C\C/C=C\CCCCCCC)OC(=O)CCCCCCC/C=C\C/C=C\CCCCC. The molecule has 0 N–H and O–H groups in total. The predicted octanol–water partition coefficient (Wildman–Crippen LogP) is 23.5. The number of unbranched alkanes of at least 4 members (excludes halogenated alkanes) is 42. The fourth-order valence-corrected chi connectivity index (χ4v) is 10.0. The Morgan fingerprint density at radius 3 is 0.795 bits per heavy atom. The number of allylic oxidation sites excluding steroid dienone is 10. The second-order valence-electron chi connectivity index (χ2n) is 23.1. The van der Waals surface area contributed by atoms with Gasteiger partial charge in [-0.1, -0.05) is 300 Å². The normalized spacial score (nSPS) is 12.4. The highest BCUT2D eigenvalue weighted by molar-refractivity contribution is 5.71. The second kappa shape index (κ2) is 66.6. The van der Waals surface area contributed by atoms with Gasteiger partial charge in [0.25, 0.3) is 0 Å². The first-order valence-corrected chi connectivity index (χ1v) is 34.3. The summed E-state index contributed by atoms with van der Waals surface area (Å²) in [4.78, 5) is 38.2. The largest absolute Gasteiger partial charge is 0.462 e. The molecule has 0 amide bonds. The lowest BCUT2D eigenvalue weighted by Crippen LogP contribution is -2.30. The first-order valence-electron chi connectivity index (χ1n) is 34.3. The van der Waals surface area contributed by atoms with Crippen LogP contribution < -0.4 is 0 Å². The summed E-state index contributed by atoms with van der Waals surface area (Å²) in [6.45, 7) is 6.56. The van der Waals surface area contributed by atoms with Crippen LogP contribution in [0.5, 0.6) is 0 Å². The van der Waals surface area contributed by atoms with Crippen molar-refractivity contribution in [2.75, 3.05) is 13.2 Å². The van der Waals surface area contributed by atoms with Crippen molar-refractivity contribution >= 4 is 17.9 Å². The molecule has 6 nitrogen and oxygen atoms in total. The lowest BCUT2D eigenvalue weighted by atomic mass is 10.0. The summed E-state index contributed by atoms with van der Waals surface area (Å²) in [7, 11) is 0. The van der Waals surface area contributed by atoms with Crippen LogP contribution in [-0.4, -0.2) is 37.2 Å². The zero-order valence-electron chi connectivity index (χ0n) is 52.2. The van der Waals surface area contributed by atoms with Crippen LogP contribution >= 0.6 is 0 Å². The summed E-state index contributed by atoms with van der Waals surface area (Å²) in [5, 5.41) is 0. The molecule has 0 saturated carbocycles. The summed E-state index contributed by atoms with van der Waals surface area (Å²) in [5.74, 6) is -0.888. The van der Waals surface area contributed by atoms with E-state index in [2.05, 4.69) is 81.5 Å². The van der Waals surface area contributed by atoms with Crippen molar-refractivity contribution in [1.29, 1.82) is 0 Å². The maximum absolute atomic E-state index is 12.9. The Morgan fingerprint density at radius 1 is 0.256 bits per heavy atom. The molecule has 0 aliphatic rings. The van der Waals surface area contributed by atoms with E-state index in [0.29, 0.717) is 19.3 Å². The molecule has 0 rings (SSSR count). The van der Waals surface area contributed by atoms with Gasteiger partial charge < -0.3 is 14.2 Å². The van der Waals surface area contributed by atoms with Crippen LogP contribution in [0.4, 0.5) is 0 Å². The summed E-state index contributed by atoms with van der Waals surface area (Å²) in [6.07, 6.45) is 85.6. The molecule has 6 heteroatoms. The standard InChI is InChI=1S/C72H130O6/c1-4-7-10-13-16-19-22-24-26-27-28-29-30-31-32-33-34-35-36-37-38-39-40-41-42-43-44-45-47-48-50-53-56-59-62-65-71(74)77-68-69(67-76-70(73)64-61-58-55-52-21-18-15-12-9-6-3)78-72(75)66-63-60-57-54-51-49-46-25-23-20-17-14-11-8-5-2/h12,15,17,20,22,24-25,27-28,46,69H,4-11,13-14,16,18-19,21,23,26,29-45,47-68H2,1-3H3/b15-12-,20-17-,24-22-,28-27-,46-25-. The van der Waals surface area contributed by atoms with Crippen molar-refractivity contribution in [3.05, 3.63) is 60.8 Å². The summed E-state index contributed by atoms with van der Waals surface area (Å²) in [6, 6.07) is 0. The van der Waals surface area contributed by atoms with Crippen molar-refractivity contribution in [3.8, 4) is 0 Å². The zero-order valence-corrected chi connectivity index (χ0v) is 52.2. The number of hydrogen-bond donors (Lipinski definition) is 0. The minimum absolute atomic E-state index is 0.0791. The molecule has 0 aromatic heterocycles. The number of esters is 3. The van der Waals surface area contributed by atoms with E-state index in [4.69, 9.17) is 14.2 Å². The number of hydrogen-bond acceptors (Lipinski definition) is 6. The highest BCUT2D eigenvalue weighted by Gasteiger charge is 2.19. The third kappa shape index (κ3) is 63.9. The van der Waals surface area contributed by atoms with E-state index < -0.39 is 6.10 Å². The quantitative estimate of drug-likeness (QED) is 0.0261. The summed E-state index contributed by atoms with van der Waals surface area (Å²) in [5.41, 5.74) is 0. The average molecular weight is 1090 g/mol. The van der Waals surface area contributed by atoms with Gasteiger partial charge in [0.1, 0.15) is 13.2 Å². The van der Waals surface area contributed by atoms with Gasteiger partial charge in [0.2, 0.25) is 0 Å². The van der Waals surface area contributed by atoms with Crippen molar-refractivity contribution in [2.24, 2.45) is 0 Å². The summed E-state index contributed by atoms with van der Waals surface area (Å²) < 4.78 is 16.9. The molecule has 0 heterocycles. The van der Waals surface area contributed by atoms with E-state index in [-0.39, 0.29) is 31.1 Å². The first kappa shape index (κ1) is 75.1. The van der Waals surface area contributed by atoms with Crippen LogP contribution in [0.1, 0.15) is 361 Å². The van der Waals surface area contributed by atoms with Crippen LogP contribution in [0.25, 0.3) is 0 Å². The van der Waals surface area contributed by atoms with Gasteiger partial charge in [-0.05, 0) is 103 Å². The van der Waals surface area contributed by atoms with E-state index in [1.807, 2.05) is 0 Å². The Morgan fingerprint density at radius 2 is 0.487 bits per heavy atom. The Hall–Kier alpha value is -2.89. The zero-order chi connectivity index (χ0) is 56.4. The molecule has 0 saturated heterocycles. The van der Waals surface area contributed by atoms with E-state index in [0.717, 1.165) is 103 Å². The van der Waals surface area contributed by atoms with Crippen LogP contribution in [0.2, 0.25) is 0 Å². The van der Waals surface area contributed by atoms with Gasteiger partial charge in [-0.2, -0.15) is 0 Å². The topological polar surface area (TPSA) is 78.9 Å². The average Bonchev–Trinajstić information content (AvgIpc) is 3.44. The van der Waals surface area contributed by atoms with Crippen molar-refractivity contribution in [3.63, 3.8) is 0 Å². The molecule has 0 spiro atoms. The monoisotopic (exact) mass is 1090 g/mol. The van der Waals surface area contributed by atoms with Gasteiger partial charge in [0, 0.05) is 19.3 Å². The van der Waals surface area contributed by atoms with E-state index in [1.54, 1.807) is 0 Å². The molecular formula is C72H130O6. The fourth-order valence-electron chi connectivity index (χ4n) is 10.0. The van der Waals surface area contributed by atoms with Crippen molar-refractivity contribution in [2.45, 2.75) is 367 Å². The molecule has 0 aromatic rings. The minimum atomic E-state index is -0.782. The number of ether oxygens (including phenoxy) is 3. The Bertz CT molecular complexity index is 1390. The second-order valence-corrected chi connectivity index (χ2v) is 23.1. The molecule has 78 heavy (non-hydrogen) atoms. The van der Waals surface area contributed by atoms with Gasteiger partial charge in [-0.25, -0.2) is 0 Å². The third-order valence-corrected chi connectivity index (χ3v) is 15.2. The lowest BCUT2D eigenvalue weighted by Gasteiger charge is -2.18. The van der Waals surface area contributed by atoms with Gasteiger partial charge in [-0.15, -0.1) is 0 Å². The molecule has 1 atom stereocenters. The third-order valence-electron chi connectivity index (χ3n) is 15.2. The highest BCUT2D eigenvalue weighted by Crippen LogP contribution is 2.18. The maximum Gasteiger partial charge on any atom is 0.306 e. The maximum atomic E-state index is 12.9. The molecule has 0 aliphatic heterocycles. The van der Waals surface area contributed by atoms with Gasteiger partial charge in [0.15, 0.2) is 6.10 Å². The first-order chi connectivity index (χ1) is 38.5. The van der Waals surface area contributed by atoms with Crippen LogP contribution in [0, 0.1) is 0 Å². The van der Waals surface area contributed by atoms with Crippen molar-refractivity contribution in [1.82, 2.24) is 0 Å². The molecule has 0 bridgehead atoms. The number of carbonyl (C=O) groups is 3. The van der Waals surface area contributed by atoms with Crippen LogP contribution in [0.15, 0.2) is 60.8 Å². The van der Waals surface area contributed by atoms with E-state index >= 15 is 0 Å². The van der Waals surface area contributed by atoms with Gasteiger partial charge in [-0.3, -0.25) is 14.4 Å². The van der Waals surface area contributed by atoms with E-state index in [1.165, 1.54) is 218 Å². The van der Waals surface area contributed by atoms with Gasteiger partial charge >= 0.3 is 17.9 Å². The fraction of sp³-hybridized carbons (Fsp3) is 0.819. The number of carbonyl (C=O) groups excluding carboxylic acids is 3.